The number of azo groups is 1. The lowest BCUT2D eigenvalue weighted by atomic mass is 9.90. The smallest absolute Gasteiger partial charge is 0.0862 e. The van der Waals surface area contributed by atoms with Gasteiger partial charge in [-0.3, -0.25) is 0 Å². The zero-order chi connectivity index (χ0) is 28.7. The predicted molar refractivity (Wildman–Crippen MR) is 178 cm³/mol. The van der Waals surface area contributed by atoms with Gasteiger partial charge in [-0.15, -0.1) is 0 Å². The molecule has 0 N–H and O–H groups in total. The summed E-state index contributed by atoms with van der Waals surface area (Å²) in [5, 5.41) is 9.14. The molecule has 0 aliphatic rings. The molecule has 0 aliphatic carbocycles. The minimum Gasteiger partial charge on any atom is -0.159 e. The fraction of sp³-hybridized carbons (Fsp3) is 0.333. The van der Waals surface area contributed by atoms with Crippen LogP contribution >= 0.6 is 0 Å². The van der Waals surface area contributed by atoms with E-state index in [1.807, 2.05) is 6.20 Å². The van der Waals surface area contributed by atoms with Gasteiger partial charge in [-0.05, 0) is 107 Å². The maximum absolute atomic E-state index is 4.64. The highest BCUT2D eigenvalue weighted by molar-refractivity contribution is 5.81. The Morgan fingerprint density at radius 3 is 1.71 bits per heavy atom. The van der Waals surface area contributed by atoms with Crippen molar-refractivity contribution >= 4 is 11.8 Å². The van der Waals surface area contributed by atoms with Crippen molar-refractivity contribution in [2.45, 2.75) is 85.0 Å². The first-order valence-corrected chi connectivity index (χ1v) is 15.6. The van der Waals surface area contributed by atoms with Crippen LogP contribution in [0.15, 0.2) is 107 Å². The Labute approximate surface area is 248 Å². The molecule has 0 spiro atoms. The Hall–Kier alpha value is -3.78. The van der Waals surface area contributed by atoms with Crippen LogP contribution in [0.4, 0.5) is 5.69 Å². The van der Waals surface area contributed by atoms with Crippen LogP contribution in [0.25, 0.3) is 28.3 Å². The average molecular weight is 543 g/mol. The lowest BCUT2D eigenvalue weighted by Gasteiger charge is -2.14. The van der Waals surface area contributed by atoms with Gasteiger partial charge in [-0.25, -0.2) is 0 Å². The third kappa shape index (κ3) is 9.39. The van der Waals surface area contributed by atoms with Gasteiger partial charge in [-0.1, -0.05) is 119 Å². The molecule has 0 saturated heterocycles. The van der Waals surface area contributed by atoms with Crippen LogP contribution in [0, 0.1) is 6.92 Å². The number of aryl methyl sites for hydroxylation is 2. The van der Waals surface area contributed by atoms with Gasteiger partial charge in [0.1, 0.15) is 0 Å². The van der Waals surface area contributed by atoms with E-state index in [2.05, 4.69) is 128 Å². The summed E-state index contributed by atoms with van der Waals surface area (Å²) >= 11 is 0. The summed E-state index contributed by atoms with van der Waals surface area (Å²) < 4.78 is 0. The Morgan fingerprint density at radius 2 is 1.12 bits per heavy atom. The molecule has 0 saturated carbocycles. The predicted octanol–water partition coefficient (Wildman–Crippen LogP) is 12.3. The van der Waals surface area contributed by atoms with E-state index in [0.29, 0.717) is 0 Å². The molecule has 0 fully saturated rings. The Bertz CT molecular complexity index is 1340. The van der Waals surface area contributed by atoms with Crippen LogP contribution in [0.1, 0.15) is 87.5 Å². The second-order valence-corrected chi connectivity index (χ2v) is 11.1. The normalized spacial score (nSPS) is 11.6. The minimum absolute atomic E-state index is 0.961. The van der Waals surface area contributed by atoms with Crippen LogP contribution in [0.3, 0.4) is 0 Å². The molecule has 41 heavy (non-hydrogen) atoms. The summed E-state index contributed by atoms with van der Waals surface area (Å²) in [5.74, 6) is 0. The maximum Gasteiger partial charge on any atom is 0.0862 e. The quantitative estimate of drug-likeness (QED) is 0.105. The Balaban J connectivity index is 1.54. The Morgan fingerprint density at radius 1 is 0.585 bits per heavy atom. The van der Waals surface area contributed by atoms with E-state index in [-0.39, 0.29) is 0 Å². The number of hydrogen-bond donors (Lipinski definition) is 0. The zero-order valence-electron chi connectivity index (χ0n) is 25.3. The molecule has 0 aromatic heterocycles. The number of nitrogens with zero attached hydrogens (tertiary/aromatic N) is 2. The molecule has 4 aromatic rings. The van der Waals surface area contributed by atoms with Crippen molar-refractivity contribution in [2.24, 2.45) is 10.2 Å². The van der Waals surface area contributed by atoms with Gasteiger partial charge in [0.2, 0.25) is 0 Å². The first kappa shape index (κ1) is 30.2. The molecule has 0 radical (unpaired) electrons. The summed E-state index contributed by atoms with van der Waals surface area (Å²) in [7, 11) is 0. The van der Waals surface area contributed by atoms with Gasteiger partial charge in [0.15, 0.2) is 0 Å². The highest BCUT2D eigenvalue weighted by Gasteiger charge is 2.10. The van der Waals surface area contributed by atoms with E-state index in [9.17, 15) is 0 Å². The first-order chi connectivity index (χ1) is 20.2. The van der Waals surface area contributed by atoms with Crippen LogP contribution in [0.2, 0.25) is 0 Å². The van der Waals surface area contributed by atoms with Crippen LogP contribution in [-0.4, -0.2) is 0 Å². The second kappa shape index (κ2) is 16.5. The molecule has 212 valence electrons. The molecule has 4 rings (SSSR count). The van der Waals surface area contributed by atoms with Crippen LogP contribution < -0.4 is 0 Å². The fourth-order valence-corrected chi connectivity index (χ4v) is 5.47. The number of unbranched alkanes of at least 4 members (excludes halogenated alkanes) is 6. The van der Waals surface area contributed by atoms with E-state index in [1.54, 1.807) is 0 Å². The molecule has 0 atom stereocenters. The molecule has 0 unspecified atom stereocenters. The van der Waals surface area contributed by atoms with Gasteiger partial charge in [0.05, 0.1) is 11.9 Å². The summed E-state index contributed by atoms with van der Waals surface area (Å²) in [5.41, 5.74) is 11.1. The number of rotatable bonds is 15. The molecule has 2 heteroatoms. The van der Waals surface area contributed by atoms with Gasteiger partial charge in [0, 0.05) is 0 Å². The molecule has 0 aliphatic heterocycles. The summed E-state index contributed by atoms with van der Waals surface area (Å²) in [6, 6.07) is 32.6. The fourth-order valence-electron chi connectivity index (χ4n) is 5.47. The van der Waals surface area contributed by atoms with Crippen molar-refractivity contribution in [1.29, 1.82) is 0 Å². The van der Waals surface area contributed by atoms with Crippen LogP contribution in [0.5, 0.6) is 0 Å². The van der Waals surface area contributed by atoms with Crippen LogP contribution in [-0.2, 0) is 12.8 Å². The van der Waals surface area contributed by atoms with Crippen molar-refractivity contribution in [2.75, 3.05) is 0 Å². The Kier molecular flexibility index (Phi) is 12.1. The van der Waals surface area contributed by atoms with Crippen molar-refractivity contribution < 1.29 is 0 Å². The molecule has 0 heterocycles. The monoisotopic (exact) mass is 542 g/mol. The molecular formula is C39H46N2. The molecule has 0 bridgehead atoms. The van der Waals surface area contributed by atoms with E-state index >= 15 is 0 Å². The third-order valence-corrected chi connectivity index (χ3v) is 7.78. The van der Waals surface area contributed by atoms with Gasteiger partial charge < -0.3 is 0 Å². The number of benzene rings is 4. The summed E-state index contributed by atoms with van der Waals surface area (Å²) in [6.45, 7) is 6.74. The van der Waals surface area contributed by atoms with Crippen molar-refractivity contribution in [3.8, 4) is 22.3 Å². The first-order valence-electron chi connectivity index (χ1n) is 15.6. The van der Waals surface area contributed by atoms with Crippen molar-refractivity contribution in [3.63, 3.8) is 0 Å². The SMILES string of the molecule is CCCCCCCCc1cc(CCCC)cc(N=NC=Cc2cc(-c3ccccc3)c(C)c(-c3ccccc3)c2)c1. The largest absolute Gasteiger partial charge is 0.159 e. The van der Waals surface area contributed by atoms with Crippen molar-refractivity contribution in [1.82, 2.24) is 0 Å². The highest BCUT2D eigenvalue weighted by atomic mass is 15.1. The van der Waals surface area contributed by atoms with Gasteiger partial charge in [0.25, 0.3) is 0 Å². The zero-order valence-corrected chi connectivity index (χ0v) is 25.3. The van der Waals surface area contributed by atoms with Gasteiger partial charge >= 0.3 is 0 Å². The lowest BCUT2D eigenvalue weighted by Crippen LogP contribution is -1.91. The molecule has 2 nitrogen and oxygen atoms in total. The standard InChI is InChI=1S/C39H46N2/c1-4-6-8-9-10-13-19-33-26-32(18-7-5-2)27-37(28-33)41-40-25-24-34-29-38(35-20-14-11-15-21-35)31(3)39(30-34)36-22-16-12-17-23-36/h11-12,14-17,20-30H,4-10,13,18-19H2,1-3H3. The number of hydrogen-bond acceptors (Lipinski definition) is 2. The average Bonchev–Trinajstić information content (AvgIpc) is 3.01. The lowest BCUT2D eigenvalue weighted by molar-refractivity contribution is 0.607. The van der Waals surface area contributed by atoms with E-state index in [4.69, 9.17) is 0 Å². The second-order valence-electron chi connectivity index (χ2n) is 11.1. The van der Waals surface area contributed by atoms with E-state index in [0.717, 1.165) is 24.1 Å². The molecular weight excluding hydrogens is 496 g/mol. The van der Waals surface area contributed by atoms with Crippen molar-refractivity contribution in [3.05, 3.63) is 119 Å². The van der Waals surface area contributed by atoms with E-state index in [1.165, 1.54) is 90.3 Å². The minimum atomic E-state index is 0.961. The van der Waals surface area contributed by atoms with E-state index < -0.39 is 0 Å². The molecule has 0 amide bonds. The summed E-state index contributed by atoms with van der Waals surface area (Å²) in [6.07, 6.45) is 16.5. The third-order valence-electron chi connectivity index (χ3n) is 7.78. The van der Waals surface area contributed by atoms with Gasteiger partial charge in [-0.2, -0.15) is 10.2 Å². The molecule has 4 aromatic carbocycles. The maximum atomic E-state index is 4.64. The summed E-state index contributed by atoms with van der Waals surface area (Å²) in [4.78, 5) is 0. The highest BCUT2D eigenvalue weighted by Crippen LogP contribution is 2.34. The topological polar surface area (TPSA) is 24.7 Å².